The van der Waals surface area contributed by atoms with Crippen LogP contribution in [0.15, 0.2) is 16.6 Å². The van der Waals surface area contributed by atoms with Crippen molar-refractivity contribution in [3.63, 3.8) is 0 Å². The Balaban J connectivity index is 2.55. The number of rotatable bonds is 2. The molecule has 0 saturated heterocycles. The van der Waals surface area contributed by atoms with Gasteiger partial charge in [-0.2, -0.15) is 0 Å². The van der Waals surface area contributed by atoms with Gasteiger partial charge in [-0.1, -0.05) is 22.9 Å². The van der Waals surface area contributed by atoms with Gasteiger partial charge >= 0.3 is 0 Å². The highest BCUT2D eigenvalue weighted by atomic mass is 79.9. The van der Waals surface area contributed by atoms with Crippen molar-refractivity contribution < 1.29 is 4.39 Å². The van der Waals surface area contributed by atoms with Crippen LogP contribution in [-0.2, 0) is 5.75 Å². The summed E-state index contributed by atoms with van der Waals surface area (Å²) >= 11 is 5.40. The third-order valence-corrected chi connectivity index (χ3v) is 5.38. The van der Waals surface area contributed by atoms with Crippen LogP contribution in [0.2, 0.25) is 0 Å². The number of halogens is 2. The normalized spacial score (nSPS) is 22.3. The Bertz CT molecular complexity index is 434. The summed E-state index contributed by atoms with van der Waals surface area (Å²) in [5.74, 6) is 0.769. The molecule has 0 amide bonds. The molecule has 1 aromatic carbocycles. The number of benzene rings is 1. The number of hydrogen-bond donors (Lipinski definition) is 1. The molecule has 1 N–H and O–H groups in total. The van der Waals surface area contributed by atoms with Crippen molar-refractivity contribution in [1.82, 2.24) is 5.32 Å². The van der Waals surface area contributed by atoms with Gasteiger partial charge in [0.05, 0.1) is 0 Å². The van der Waals surface area contributed by atoms with E-state index in [2.05, 4.69) is 42.0 Å². The summed E-state index contributed by atoms with van der Waals surface area (Å²) in [5, 5.41) is 3.42. The van der Waals surface area contributed by atoms with E-state index in [1.165, 1.54) is 0 Å². The standard InChI is InChI=1S/C13H17BrFNS/c1-4-16-12-11-8(7-17-13(12,2)3)9(14)5-6-10(11)15/h5-6,12,16H,4,7H2,1-3H3. The first-order chi connectivity index (χ1) is 7.97. The van der Waals surface area contributed by atoms with Crippen molar-refractivity contribution in [3.05, 3.63) is 33.5 Å². The quantitative estimate of drug-likeness (QED) is 0.874. The molecule has 0 radical (unpaired) electrons. The molecule has 1 aliphatic heterocycles. The van der Waals surface area contributed by atoms with Crippen molar-refractivity contribution in [2.75, 3.05) is 6.54 Å². The fourth-order valence-corrected chi connectivity index (χ4v) is 4.18. The summed E-state index contributed by atoms with van der Waals surface area (Å²) in [6.45, 7) is 7.26. The van der Waals surface area contributed by atoms with E-state index in [0.717, 1.165) is 27.9 Å². The molecule has 2 rings (SSSR count). The number of nitrogens with one attached hydrogen (secondary N) is 1. The summed E-state index contributed by atoms with van der Waals surface area (Å²) < 4.78 is 15.1. The van der Waals surface area contributed by atoms with E-state index in [0.29, 0.717) is 0 Å². The maximum absolute atomic E-state index is 14.1. The molecule has 17 heavy (non-hydrogen) atoms. The SMILES string of the molecule is CCNC1c2c(F)ccc(Br)c2CSC1(C)C. The van der Waals surface area contributed by atoms with Gasteiger partial charge in [-0.05, 0) is 38.1 Å². The van der Waals surface area contributed by atoms with Crippen LogP contribution >= 0.6 is 27.7 Å². The van der Waals surface area contributed by atoms with Crippen LogP contribution in [0.5, 0.6) is 0 Å². The van der Waals surface area contributed by atoms with E-state index < -0.39 is 0 Å². The van der Waals surface area contributed by atoms with Crippen LogP contribution < -0.4 is 5.32 Å². The van der Waals surface area contributed by atoms with Gasteiger partial charge in [-0.25, -0.2) is 4.39 Å². The first-order valence-corrected chi connectivity index (χ1v) is 7.59. The van der Waals surface area contributed by atoms with Gasteiger partial charge in [-0.3, -0.25) is 0 Å². The third-order valence-electron chi connectivity index (χ3n) is 3.23. The van der Waals surface area contributed by atoms with Crippen LogP contribution in [-0.4, -0.2) is 11.3 Å². The number of thioether (sulfide) groups is 1. The third kappa shape index (κ3) is 2.40. The Labute approximate surface area is 115 Å². The van der Waals surface area contributed by atoms with Gasteiger partial charge in [-0.15, -0.1) is 11.8 Å². The molecular formula is C13H17BrFNS. The molecule has 0 aliphatic carbocycles. The minimum atomic E-state index is -0.0949. The molecule has 0 aromatic heterocycles. The summed E-state index contributed by atoms with van der Waals surface area (Å²) in [7, 11) is 0. The smallest absolute Gasteiger partial charge is 0.128 e. The lowest BCUT2D eigenvalue weighted by atomic mass is 9.90. The lowest BCUT2D eigenvalue weighted by Gasteiger charge is -2.40. The largest absolute Gasteiger partial charge is 0.309 e. The van der Waals surface area contributed by atoms with E-state index in [4.69, 9.17) is 0 Å². The van der Waals surface area contributed by atoms with Crippen molar-refractivity contribution in [1.29, 1.82) is 0 Å². The molecule has 1 unspecified atom stereocenters. The molecule has 1 aromatic rings. The molecule has 0 spiro atoms. The topological polar surface area (TPSA) is 12.0 Å². The second-order valence-corrected chi connectivity index (χ2v) is 7.29. The first-order valence-electron chi connectivity index (χ1n) is 5.81. The molecule has 1 aliphatic rings. The van der Waals surface area contributed by atoms with Gasteiger partial charge in [0.2, 0.25) is 0 Å². The lowest BCUT2D eigenvalue weighted by Crippen LogP contribution is -2.40. The Kier molecular flexibility index (Phi) is 3.86. The van der Waals surface area contributed by atoms with Crippen molar-refractivity contribution in [2.24, 2.45) is 0 Å². The van der Waals surface area contributed by atoms with Crippen LogP contribution in [0.3, 0.4) is 0 Å². The average molecular weight is 318 g/mol. The van der Waals surface area contributed by atoms with Crippen molar-refractivity contribution in [3.8, 4) is 0 Å². The predicted octanol–water partition coefficient (Wildman–Crippen LogP) is 4.26. The van der Waals surface area contributed by atoms with Crippen LogP contribution in [0.1, 0.15) is 37.9 Å². The fourth-order valence-electron chi connectivity index (χ4n) is 2.31. The highest BCUT2D eigenvalue weighted by Gasteiger charge is 2.38. The van der Waals surface area contributed by atoms with E-state index >= 15 is 0 Å². The minimum Gasteiger partial charge on any atom is -0.309 e. The molecule has 1 nitrogen and oxygen atoms in total. The van der Waals surface area contributed by atoms with Crippen LogP contribution in [0.4, 0.5) is 4.39 Å². The highest BCUT2D eigenvalue weighted by molar-refractivity contribution is 9.10. The summed E-state index contributed by atoms with van der Waals surface area (Å²) in [5.41, 5.74) is 1.94. The van der Waals surface area contributed by atoms with Crippen LogP contribution in [0.25, 0.3) is 0 Å². The zero-order valence-corrected chi connectivity index (χ0v) is 12.7. The number of hydrogen-bond acceptors (Lipinski definition) is 2. The monoisotopic (exact) mass is 317 g/mol. The summed E-state index contributed by atoms with van der Waals surface area (Å²) in [6.07, 6.45) is 0. The molecule has 0 fully saturated rings. The second kappa shape index (κ2) is 4.90. The fraction of sp³-hybridized carbons (Fsp3) is 0.538. The summed E-state index contributed by atoms with van der Waals surface area (Å²) in [4.78, 5) is 0. The zero-order chi connectivity index (χ0) is 12.6. The first kappa shape index (κ1) is 13.4. The van der Waals surface area contributed by atoms with Crippen LogP contribution in [0, 0.1) is 5.82 Å². The Morgan fingerprint density at radius 2 is 2.24 bits per heavy atom. The average Bonchev–Trinajstić information content (AvgIpc) is 2.27. The lowest BCUT2D eigenvalue weighted by molar-refractivity contribution is 0.429. The van der Waals surface area contributed by atoms with Crippen molar-refractivity contribution in [2.45, 2.75) is 37.3 Å². The van der Waals surface area contributed by atoms with Gasteiger partial charge in [0.1, 0.15) is 5.82 Å². The molecule has 94 valence electrons. The Morgan fingerprint density at radius 1 is 1.53 bits per heavy atom. The van der Waals surface area contributed by atoms with Gasteiger partial charge in [0, 0.05) is 26.6 Å². The Hall–Kier alpha value is -0.0600. The minimum absolute atomic E-state index is 0.0185. The van der Waals surface area contributed by atoms with Gasteiger partial charge < -0.3 is 5.32 Å². The van der Waals surface area contributed by atoms with Crippen molar-refractivity contribution >= 4 is 27.7 Å². The van der Waals surface area contributed by atoms with Gasteiger partial charge in [0.25, 0.3) is 0 Å². The zero-order valence-electron chi connectivity index (χ0n) is 10.3. The molecule has 1 atom stereocenters. The second-order valence-electron chi connectivity index (χ2n) is 4.80. The predicted molar refractivity (Wildman–Crippen MR) is 75.9 cm³/mol. The van der Waals surface area contributed by atoms with E-state index in [9.17, 15) is 4.39 Å². The van der Waals surface area contributed by atoms with E-state index in [1.807, 2.05) is 11.8 Å². The summed E-state index contributed by atoms with van der Waals surface area (Å²) in [6, 6.07) is 3.42. The molecule has 0 saturated carbocycles. The Morgan fingerprint density at radius 3 is 2.88 bits per heavy atom. The van der Waals surface area contributed by atoms with E-state index in [-0.39, 0.29) is 16.6 Å². The molecule has 1 heterocycles. The number of fused-ring (bicyclic) bond motifs is 1. The molecule has 0 bridgehead atoms. The maximum Gasteiger partial charge on any atom is 0.128 e. The highest BCUT2D eigenvalue weighted by Crippen LogP contribution is 2.48. The maximum atomic E-state index is 14.1. The van der Waals surface area contributed by atoms with Gasteiger partial charge in [0.15, 0.2) is 0 Å². The van der Waals surface area contributed by atoms with E-state index in [1.54, 1.807) is 12.1 Å². The molecular weight excluding hydrogens is 301 g/mol. The molecule has 4 heteroatoms.